The topological polar surface area (TPSA) is 39.3 Å². The van der Waals surface area contributed by atoms with Gasteiger partial charge in [0.05, 0.1) is 5.92 Å². The number of nitrogens with zero attached hydrogens (tertiary/aromatic N) is 2. The van der Waals surface area contributed by atoms with Crippen molar-refractivity contribution in [1.82, 2.24) is 14.8 Å². The van der Waals surface area contributed by atoms with Crippen LogP contribution in [0, 0.1) is 5.92 Å². The van der Waals surface area contributed by atoms with Crippen LogP contribution in [0.1, 0.15) is 31.7 Å². The predicted molar refractivity (Wildman–Crippen MR) is 92.1 cm³/mol. The van der Waals surface area contributed by atoms with Gasteiger partial charge >= 0.3 is 0 Å². The minimum atomic E-state index is 0.205. The maximum absolute atomic E-state index is 12.6. The van der Waals surface area contributed by atoms with Gasteiger partial charge in [0.1, 0.15) is 0 Å². The number of hydrogen-bond donors (Lipinski definition) is 1. The van der Waals surface area contributed by atoms with Gasteiger partial charge in [-0.1, -0.05) is 13.0 Å². The largest absolute Gasteiger partial charge is 0.361 e. The van der Waals surface area contributed by atoms with Crippen molar-refractivity contribution >= 4 is 16.8 Å². The highest BCUT2D eigenvalue weighted by atomic mass is 16.2. The fourth-order valence-electron chi connectivity index (χ4n) is 4.25. The van der Waals surface area contributed by atoms with Gasteiger partial charge in [-0.2, -0.15) is 0 Å². The quantitative estimate of drug-likeness (QED) is 0.943. The molecular weight excluding hydrogens is 286 g/mol. The zero-order valence-corrected chi connectivity index (χ0v) is 13.8. The number of carbonyl (C=O) groups excluding carboxylic acids is 1. The lowest BCUT2D eigenvalue weighted by atomic mass is 9.94. The first-order chi connectivity index (χ1) is 11.2. The number of aromatic amines is 1. The Kier molecular flexibility index (Phi) is 3.85. The molecule has 1 N–H and O–H groups in total. The number of carbonyl (C=O) groups is 1. The van der Waals surface area contributed by atoms with E-state index in [1.165, 1.54) is 22.9 Å². The van der Waals surface area contributed by atoms with Crippen LogP contribution in [0.25, 0.3) is 10.9 Å². The number of nitrogens with one attached hydrogen (secondary N) is 1. The SMILES string of the molecule is CCCN1C(=O)[C@@H]2CC[C@H]1CN(Cc1ccc3[nH]ccc3c1)C2. The zero-order chi connectivity index (χ0) is 15.8. The molecule has 3 aliphatic heterocycles. The highest BCUT2D eigenvalue weighted by Crippen LogP contribution is 2.30. The van der Waals surface area contributed by atoms with Gasteiger partial charge in [0.25, 0.3) is 0 Å². The average Bonchev–Trinajstić information content (AvgIpc) is 2.86. The Bertz CT molecular complexity index is 707. The minimum Gasteiger partial charge on any atom is -0.361 e. The van der Waals surface area contributed by atoms with Crippen LogP contribution in [-0.2, 0) is 11.3 Å². The molecule has 1 aromatic heterocycles. The fourth-order valence-corrected chi connectivity index (χ4v) is 4.25. The first kappa shape index (κ1) is 14.8. The van der Waals surface area contributed by atoms with E-state index in [1.54, 1.807) is 0 Å². The smallest absolute Gasteiger partial charge is 0.227 e. The summed E-state index contributed by atoms with van der Waals surface area (Å²) in [5.74, 6) is 0.600. The molecule has 23 heavy (non-hydrogen) atoms. The van der Waals surface area contributed by atoms with Gasteiger partial charge in [-0.25, -0.2) is 0 Å². The number of aromatic nitrogens is 1. The standard InChI is InChI=1S/C19H25N3O/c1-2-9-22-17-5-4-16(19(22)23)12-21(13-17)11-14-3-6-18-15(10-14)7-8-20-18/h3,6-8,10,16-17,20H,2,4-5,9,11-13H2,1H3/t16-,17+/m1/s1. The fraction of sp³-hybridized carbons (Fsp3) is 0.526. The molecule has 3 fully saturated rings. The third-order valence-electron chi connectivity index (χ3n) is 5.36. The van der Waals surface area contributed by atoms with Crippen molar-refractivity contribution in [3.05, 3.63) is 36.0 Å². The summed E-state index contributed by atoms with van der Waals surface area (Å²) in [5, 5.41) is 1.27. The Balaban J connectivity index is 1.52. The van der Waals surface area contributed by atoms with Gasteiger partial charge in [0.2, 0.25) is 5.91 Å². The molecule has 0 saturated carbocycles. The van der Waals surface area contributed by atoms with Gasteiger partial charge in [-0.3, -0.25) is 9.69 Å². The van der Waals surface area contributed by atoms with E-state index in [4.69, 9.17) is 0 Å². The number of H-pyrrole nitrogens is 1. The molecular formula is C19H25N3O. The zero-order valence-electron chi connectivity index (χ0n) is 13.8. The van der Waals surface area contributed by atoms with Gasteiger partial charge in [-0.15, -0.1) is 0 Å². The van der Waals surface area contributed by atoms with Crippen molar-refractivity contribution < 1.29 is 4.79 Å². The molecule has 122 valence electrons. The number of piperidine rings is 1. The van der Waals surface area contributed by atoms with Gasteiger partial charge < -0.3 is 9.88 Å². The van der Waals surface area contributed by atoms with Crippen molar-refractivity contribution in [2.24, 2.45) is 5.92 Å². The molecule has 3 saturated heterocycles. The lowest BCUT2D eigenvalue weighted by Crippen LogP contribution is -2.48. The second-order valence-corrected chi connectivity index (χ2v) is 7.05. The summed E-state index contributed by atoms with van der Waals surface area (Å²) >= 11 is 0. The van der Waals surface area contributed by atoms with Crippen LogP contribution >= 0.6 is 0 Å². The number of fused-ring (bicyclic) bond motifs is 5. The summed E-state index contributed by atoms with van der Waals surface area (Å²) in [6.45, 7) is 5.97. The Labute approximate surface area is 137 Å². The van der Waals surface area contributed by atoms with Crippen LogP contribution in [0.4, 0.5) is 0 Å². The maximum Gasteiger partial charge on any atom is 0.227 e. The monoisotopic (exact) mass is 311 g/mol. The number of benzene rings is 1. The highest BCUT2D eigenvalue weighted by molar-refractivity contribution is 5.81. The molecule has 1 aromatic carbocycles. The van der Waals surface area contributed by atoms with Crippen molar-refractivity contribution in [2.45, 2.75) is 38.8 Å². The van der Waals surface area contributed by atoms with E-state index in [1.807, 2.05) is 6.20 Å². The molecule has 0 aliphatic carbocycles. The third-order valence-corrected chi connectivity index (χ3v) is 5.36. The van der Waals surface area contributed by atoms with E-state index < -0.39 is 0 Å². The van der Waals surface area contributed by atoms with E-state index in [-0.39, 0.29) is 5.92 Å². The van der Waals surface area contributed by atoms with Crippen LogP contribution in [0.15, 0.2) is 30.5 Å². The molecule has 2 aromatic rings. The predicted octanol–water partition coefficient (Wildman–Crippen LogP) is 3.00. The molecule has 4 heterocycles. The van der Waals surface area contributed by atoms with Crippen molar-refractivity contribution in [1.29, 1.82) is 0 Å². The van der Waals surface area contributed by atoms with Gasteiger partial charge in [0, 0.05) is 43.9 Å². The normalized spacial score (nSPS) is 25.3. The van der Waals surface area contributed by atoms with Crippen LogP contribution in [0.5, 0.6) is 0 Å². The van der Waals surface area contributed by atoms with Crippen molar-refractivity contribution in [2.75, 3.05) is 19.6 Å². The van der Waals surface area contributed by atoms with Crippen LogP contribution in [-0.4, -0.2) is 46.4 Å². The lowest BCUT2D eigenvalue weighted by Gasteiger charge is -2.35. The maximum atomic E-state index is 12.6. The molecule has 1 amide bonds. The molecule has 0 radical (unpaired) electrons. The molecule has 4 heteroatoms. The summed E-state index contributed by atoms with van der Waals surface area (Å²) < 4.78 is 0. The Morgan fingerprint density at radius 3 is 3.00 bits per heavy atom. The average molecular weight is 311 g/mol. The highest BCUT2D eigenvalue weighted by Gasteiger charge is 2.39. The first-order valence-electron chi connectivity index (χ1n) is 8.83. The van der Waals surface area contributed by atoms with Gasteiger partial charge in [-0.05, 0) is 48.4 Å². The minimum absolute atomic E-state index is 0.205. The summed E-state index contributed by atoms with van der Waals surface area (Å²) in [7, 11) is 0. The summed E-state index contributed by atoms with van der Waals surface area (Å²) in [5.41, 5.74) is 2.53. The van der Waals surface area contributed by atoms with Crippen LogP contribution < -0.4 is 0 Å². The van der Waals surface area contributed by atoms with Crippen LogP contribution in [0.3, 0.4) is 0 Å². The van der Waals surface area contributed by atoms with E-state index in [0.717, 1.165) is 39.0 Å². The molecule has 3 aliphatic rings. The molecule has 2 atom stereocenters. The molecule has 0 spiro atoms. The van der Waals surface area contributed by atoms with Crippen molar-refractivity contribution in [3.63, 3.8) is 0 Å². The molecule has 2 bridgehead atoms. The Morgan fingerprint density at radius 2 is 2.13 bits per heavy atom. The lowest BCUT2D eigenvalue weighted by molar-refractivity contribution is -0.139. The van der Waals surface area contributed by atoms with E-state index in [0.29, 0.717) is 11.9 Å². The number of rotatable bonds is 4. The van der Waals surface area contributed by atoms with Gasteiger partial charge in [0.15, 0.2) is 0 Å². The van der Waals surface area contributed by atoms with E-state index >= 15 is 0 Å². The second kappa shape index (κ2) is 6.00. The Hall–Kier alpha value is -1.81. The molecule has 5 rings (SSSR count). The third kappa shape index (κ3) is 2.76. The summed E-state index contributed by atoms with van der Waals surface area (Å²) in [6, 6.07) is 9.17. The van der Waals surface area contributed by atoms with E-state index in [2.05, 4.69) is 46.0 Å². The summed E-state index contributed by atoms with van der Waals surface area (Å²) in [4.78, 5) is 20.5. The first-order valence-corrected chi connectivity index (χ1v) is 8.83. The number of amides is 1. The van der Waals surface area contributed by atoms with E-state index in [9.17, 15) is 4.79 Å². The number of hydrogen-bond acceptors (Lipinski definition) is 2. The Morgan fingerprint density at radius 1 is 1.22 bits per heavy atom. The second-order valence-electron chi connectivity index (χ2n) is 7.05. The molecule has 0 unspecified atom stereocenters. The van der Waals surface area contributed by atoms with Crippen molar-refractivity contribution in [3.8, 4) is 0 Å². The molecule has 4 nitrogen and oxygen atoms in total. The van der Waals surface area contributed by atoms with Crippen LogP contribution in [0.2, 0.25) is 0 Å². The summed E-state index contributed by atoms with van der Waals surface area (Å²) in [6.07, 6.45) is 5.28.